The van der Waals surface area contributed by atoms with Crippen LogP contribution in [0.1, 0.15) is 5.56 Å². The summed E-state index contributed by atoms with van der Waals surface area (Å²) in [6.07, 6.45) is 0. The third-order valence-electron chi connectivity index (χ3n) is 4.04. The molecule has 114 valence electrons. The van der Waals surface area contributed by atoms with Crippen molar-refractivity contribution in [3.8, 4) is 11.5 Å². The van der Waals surface area contributed by atoms with E-state index < -0.39 is 0 Å². The van der Waals surface area contributed by atoms with E-state index in [-0.39, 0.29) is 0 Å². The maximum absolute atomic E-state index is 5.93. The van der Waals surface area contributed by atoms with Crippen LogP contribution in [0.4, 0.5) is 0 Å². The van der Waals surface area contributed by atoms with Crippen LogP contribution in [0.2, 0.25) is 0 Å². The van der Waals surface area contributed by atoms with Gasteiger partial charge in [0, 0.05) is 16.3 Å². The van der Waals surface area contributed by atoms with Crippen molar-refractivity contribution in [1.29, 1.82) is 0 Å². The minimum absolute atomic E-state index is 0.567. The lowest BCUT2D eigenvalue weighted by molar-refractivity contribution is 0.306. The molecule has 3 heteroatoms. The highest BCUT2D eigenvalue weighted by Crippen LogP contribution is 2.33. The number of hydrogen-bond donors (Lipinski definition) is 1. The Morgan fingerprint density at radius 2 is 1.74 bits per heavy atom. The Morgan fingerprint density at radius 1 is 0.870 bits per heavy atom. The van der Waals surface area contributed by atoms with Gasteiger partial charge in [0.05, 0.1) is 12.6 Å². The number of benzene rings is 3. The zero-order chi connectivity index (χ0) is 15.6. The van der Waals surface area contributed by atoms with Gasteiger partial charge in [-0.05, 0) is 29.8 Å². The first-order valence-electron chi connectivity index (χ1n) is 7.60. The fourth-order valence-corrected chi connectivity index (χ4v) is 2.88. The molecule has 1 aromatic heterocycles. The first-order chi connectivity index (χ1) is 11.3. The van der Waals surface area contributed by atoms with E-state index in [0.717, 1.165) is 38.9 Å². The van der Waals surface area contributed by atoms with Crippen LogP contribution in [0.5, 0.6) is 11.5 Å². The van der Waals surface area contributed by atoms with Crippen LogP contribution >= 0.6 is 0 Å². The third-order valence-corrected chi connectivity index (χ3v) is 4.04. The van der Waals surface area contributed by atoms with Gasteiger partial charge in [-0.25, -0.2) is 0 Å². The molecule has 0 saturated heterocycles. The molecule has 0 aliphatic rings. The zero-order valence-corrected chi connectivity index (χ0v) is 12.9. The van der Waals surface area contributed by atoms with Crippen molar-refractivity contribution < 1.29 is 9.47 Å². The highest BCUT2D eigenvalue weighted by Gasteiger charge is 2.09. The summed E-state index contributed by atoms with van der Waals surface area (Å²) in [4.78, 5) is 3.42. The lowest BCUT2D eigenvalue weighted by Crippen LogP contribution is -1.94. The summed E-state index contributed by atoms with van der Waals surface area (Å²) in [5.41, 5.74) is 3.26. The molecule has 0 spiro atoms. The highest BCUT2D eigenvalue weighted by molar-refractivity contribution is 6.09. The van der Waals surface area contributed by atoms with E-state index in [1.165, 1.54) is 0 Å². The van der Waals surface area contributed by atoms with Crippen molar-refractivity contribution in [3.63, 3.8) is 0 Å². The number of methoxy groups -OCH3 is 1. The molecule has 0 aliphatic carbocycles. The Balaban J connectivity index is 1.71. The van der Waals surface area contributed by atoms with Crippen molar-refractivity contribution in [3.05, 3.63) is 72.3 Å². The third kappa shape index (κ3) is 2.50. The van der Waals surface area contributed by atoms with E-state index >= 15 is 0 Å². The second-order valence-electron chi connectivity index (χ2n) is 5.49. The molecule has 0 fully saturated rings. The smallest absolute Gasteiger partial charge is 0.142 e. The van der Waals surface area contributed by atoms with Crippen molar-refractivity contribution in [2.24, 2.45) is 0 Å². The predicted molar refractivity (Wildman–Crippen MR) is 93.1 cm³/mol. The van der Waals surface area contributed by atoms with Crippen LogP contribution in [0.3, 0.4) is 0 Å². The van der Waals surface area contributed by atoms with Crippen molar-refractivity contribution in [2.45, 2.75) is 6.61 Å². The summed E-state index contributed by atoms with van der Waals surface area (Å²) >= 11 is 0. The van der Waals surface area contributed by atoms with E-state index in [4.69, 9.17) is 9.47 Å². The Kier molecular flexibility index (Phi) is 3.39. The first-order valence-corrected chi connectivity index (χ1v) is 7.60. The topological polar surface area (TPSA) is 34.2 Å². The quantitative estimate of drug-likeness (QED) is 0.581. The Hall–Kier alpha value is -2.94. The maximum atomic E-state index is 5.93. The minimum atomic E-state index is 0.567. The largest absolute Gasteiger partial charge is 0.495 e. The van der Waals surface area contributed by atoms with Crippen LogP contribution < -0.4 is 9.47 Å². The summed E-state index contributed by atoms with van der Waals surface area (Å²) in [6, 6.07) is 22.4. The molecule has 0 aliphatic heterocycles. The second kappa shape index (κ2) is 5.69. The van der Waals surface area contributed by atoms with Gasteiger partial charge in [-0.2, -0.15) is 0 Å². The normalized spacial score (nSPS) is 11.0. The molecule has 0 unspecified atom stereocenters. The molecule has 1 N–H and O–H groups in total. The molecule has 4 rings (SSSR count). The summed E-state index contributed by atoms with van der Waals surface area (Å²) in [5.74, 6) is 1.72. The van der Waals surface area contributed by atoms with Gasteiger partial charge in [-0.15, -0.1) is 0 Å². The molecule has 23 heavy (non-hydrogen) atoms. The van der Waals surface area contributed by atoms with E-state index in [0.29, 0.717) is 6.61 Å². The average Bonchev–Trinajstić information content (AvgIpc) is 2.99. The van der Waals surface area contributed by atoms with E-state index in [1.54, 1.807) is 7.11 Å². The van der Waals surface area contributed by atoms with Crippen molar-refractivity contribution >= 4 is 21.8 Å². The number of rotatable bonds is 4. The number of para-hydroxylation sites is 1. The molecule has 1 heterocycles. The average molecular weight is 303 g/mol. The van der Waals surface area contributed by atoms with Crippen LogP contribution in [0.15, 0.2) is 66.7 Å². The summed E-state index contributed by atoms with van der Waals surface area (Å²) in [5, 5.41) is 2.29. The molecular weight excluding hydrogens is 286 g/mol. The first kappa shape index (κ1) is 13.7. The fraction of sp³-hybridized carbons (Fsp3) is 0.100. The van der Waals surface area contributed by atoms with Gasteiger partial charge in [0.15, 0.2) is 0 Å². The number of fused-ring (bicyclic) bond motifs is 3. The molecule has 0 bridgehead atoms. The molecule has 0 atom stereocenters. The Morgan fingerprint density at radius 3 is 2.57 bits per heavy atom. The zero-order valence-electron chi connectivity index (χ0n) is 12.9. The van der Waals surface area contributed by atoms with Gasteiger partial charge in [0.25, 0.3) is 0 Å². The highest BCUT2D eigenvalue weighted by atomic mass is 16.5. The summed E-state index contributed by atoms with van der Waals surface area (Å²) in [6.45, 7) is 0.567. The fourth-order valence-electron chi connectivity index (χ4n) is 2.88. The maximum Gasteiger partial charge on any atom is 0.142 e. The minimum Gasteiger partial charge on any atom is -0.495 e. The van der Waals surface area contributed by atoms with Gasteiger partial charge >= 0.3 is 0 Å². The molecule has 4 aromatic rings. The number of hydrogen-bond acceptors (Lipinski definition) is 2. The van der Waals surface area contributed by atoms with Gasteiger partial charge in [0.2, 0.25) is 0 Å². The van der Waals surface area contributed by atoms with Crippen LogP contribution in [0.25, 0.3) is 21.8 Å². The number of ether oxygens (including phenoxy) is 2. The molecule has 0 saturated carbocycles. The number of nitrogens with one attached hydrogen (secondary N) is 1. The molecule has 3 nitrogen and oxygen atoms in total. The van der Waals surface area contributed by atoms with Crippen molar-refractivity contribution in [1.82, 2.24) is 4.98 Å². The molecular formula is C20H17NO2. The monoisotopic (exact) mass is 303 g/mol. The summed E-state index contributed by atoms with van der Waals surface area (Å²) < 4.78 is 11.4. The SMILES string of the molecule is COc1cccc2c1[nH]c1ccc(OCc3ccccc3)cc12. The van der Waals surface area contributed by atoms with E-state index in [2.05, 4.69) is 35.3 Å². The number of aromatic nitrogens is 1. The number of H-pyrrole nitrogens is 1. The lowest BCUT2D eigenvalue weighted by atomic mass is 10.1. The number of aromatic amines is 1. The van der Waals surface area contributed by atoms with E-state index in [1.807, 2.05) is 36.4 Å². The second-order valence-corrected chi connectivity index (χ2v) is 5.49. The Bertz CT molecular complexity index is 957. The van der Waals surface area contributed by atoms with Gasteiger partial charge in [-0.3, -0.25) is 0 Å². The van der Waals surface area contributed by atoms with Crippen molar-refractivity contribution in [2.75, 3.05) is 7.11 Å². The van der Waals surface area contributed by atoms with Gasteiger partial charge < -0.3 is 14.5 Å². The molecule has 0 amide bonds. The Labute approximate surface area is 134 Å². The van der Waals surface area contributed by atoms with Crippen LogP contribution in [0, 0.1) is 0 Å². The van der Waals surface area contributed by atoms with Crippen LogP contribution in [-0.2, 0) is 6.61 Å². The van der Waals surface area contributed by atoms with E-state index in [9.17, 15) is 0 Å². The standard InChI is InChI=1S/C20H17NO2/c1-22-19-9-5-8-16-17-12-15(10-11-18(17)21-20(16)19)23-13-14-6-3-2-4-7-14/h2-12,21H,13H2,1H3. The summed E-state index contributed by atoms with van der Waals surface area (Å²) in [7, 11) is 1.69. The van der Waals surface area contributed by atoms with Gasteiger partial charge in [-0.1, -0.05) is 42.5 Å². The van der Waals surface area contributed by atoms with Gasteiger partial charge in [0.1, 0.15) is 18.1 Å². The molecule has 3 aromatic carbocycles. The van der Waals surface area contributed by atoms with Crippen LogP contribution in [-0.4, -0.2) is 12.1 Å². The molecule has 0 radical (unpaired) electrons. The predicted octanol–water partition coefficient (Wildman–Crippen LogP) is 4.91. The lowest BCUT2D eigenvalue weighted by Gasteiger charge is -2.06.